The van der Waals surface area contributed by atoms with Crippen molar-refractivity contribution in [2.45, 2.75) is 103 Å². The fourth-order valence-corrected chi connectivity index (χ4v) is 3.24. The van der Waals surface area contributed by atoms with Gasteiger partial charge < -0.3 is 31.6 Å². The van der Waals surface area contributed by atoms with Crippen molar-refractivity contribution in [2.24, 2.45) is 11.5 Å². The molecule has 10 heteroatoms. The molecule has 0 unspecified atom stereocenters. The topological polar surface area (TPSA) is 163 Å². The molecule has 0 spiro atoms. The summed E-state index contributed by atoms with van der Waals surface area (Å²) < 4.78 is 10.8. The van der Waals surface area contributed by atoms with Crippen LogP contribution in [0, 0.1) is 0 Å². The Morgan fingerprint density at radius 1 is 0.618 bits per heavy atom. The van der Waals surface area contributed by atoms with Gasteiger partial charge in [-0.3, -0.25) is 19.2 Å². The number of hydrogen-bond donors (Lipinski definition) is 4. The van der Waals surface area contributed by atoms with E-state index in [0.29, 0.717) is 12.8 Å². The lowest BCUT2D eigenvalue weighted by molar-refractivity contribution is -0.176. The van der Waals surface area contributed by atoms with Crippen LogP contribution in [0.15, 0.2) is 0 Å². The first-order chi connectivity index (χ1) is 16.4. The third kappa shape index (κ3) is 15.6. The van der Waals surface area contributed by atoms with Crippen LogP contribution in [0.25, 0.3) is 0 Å². The monoisotopic (exact) mass is 486 g/mol. The summed E-state index contributed by atoms with van der Waals surface area (Å²) in [6, 6.07) is 0. The van der Waals surface area contributed by atoms with Gasteiger partial charge in [0.2, 0.25) is 12.2 Å². The predicted molar refractivity (Wildman–Crippen MR) is 131 cm³/mol. The van der Waals surface area contributed by atoms with Crippen LogP contribution in [-0.2, 0) is 28.7 Å². The van der Waals surface area contributed by atoms with Crippen LogP contribution >= 0.6 is 0 Å². The fraction of sp³-hybridized carbons (Fsp3) is 0.833. The maximum atomic E-state index is 12.7. The maximum Gasteiger partial charge on any atom is 0.306 e. The van der Waals surface area contributed by atoms with Crippen LogP contribution in [0.3, 0.4) is 0 Å². The number of nitrogens with one attached hydrogen (secondary N) is 2. The Hall–Kier alpha value is -2.20. The third-order valence-corrected chi connectivity index (χ3v) is 5.16. The zero-order valence-electron chi connectivity index (χ0n) is 21.1. The van der Waals surface area contributed by atoms with Gasteiger partial charge in [0.05, 0.1) is 0 Å². The van der Waals surface area contributed by atoms with Gasteiger partial charge in [-0.2, -0.15) is 0 Å². The molecule has 10 nitrogen and oxygen atoms in total. The lowest BCUT2D eigenvalue weighted by Crippen LogP contribution is -2.54. The Balaban J connectivity index is 5.30. The summed E-state index contributed by atoms with van der Waals surface area (Å²) >= 11 is 0. The Morgan fingerprint density at radius 2 is 0.971 bits per heavy atom. The molecular weight excluding hydrogens is 440 g/mol. The van der Waals surface area contributed by atoms with Gasteiger partial charge in [0.25, 0.3) is 11.8 Å². The van der Waals surface area contributed by atoms with E-state index in [-0.39, 0.29) is 39.0 Å². The number of amides is 2. The predicted octanol–water partition coefficient (Wildman–Crippen LogP) is 1.68. The second-order valence-corrected chi connectivity index (χ2v) is 8.31. The SMILES string of the molecule is CCCCCCCC(=O)O[C@@H](C(=O)NCCN)[C@@H](OC(=O)CCCCCCC)C(=O)NCCN. The van der Waals surface area contributed by atoms with Gasteiger partial charge in [-0.25, -0.2) is 0 Å². The highest BCUT2D eigenvalue weighted by atomic mass is 16.6. The molecule has 0 radical (unpaired) electrons. The zero-order chi connectivity index (χ0) is 25.6. The summed E-state index contributed by atoms with van der Waals surface area (Å²) in [7, 11) is 0. The molecule has 0 aliphatic rings. The summed E-state index contributed by atoms with van der Waals surface area (Å²) in [5.74, 6) is -2.74. The Kier molecular flexibility index (Phi) is 20.0. The molecular formula is C24H46N4O6. The minimum atomic E-state index is -1.61. The number of carbonyl (C=O) groups is 4. The molecule has 0 saturated heterocycles. The van der Waals surface area contributed by atoms with Crippen molar-refractivity contribution >= 4 is 23.8 Å². The molecule has 0 aromatic rings. The minimum Gasteiger partial charge on any atom is -0.448 e. The molecule has 0 heterocycles. The summed E-state index contributed by atoms with van der Waals surface area (Å²) in [5, 5.41) is 5.03. The lowest BCUT2D eigenvalue weighted by Gasteiger charge is -2.25. The van der Waals surface area contributed by atoms with Gasteiger partial charge in [0, 0.05) is 39.0 Å². The van der Waals surface area contributed by atoms with Gasteiger partial charge in [-0.05, 0) is 12.8 Å². The lowest BCUT2D eigenvalue weighted by atomic mass is 10.1. The van der Waals surface area contributed by atoms with E-state index in [0.717, 1.165) is 51.4 Å². The average Bonchev–Trinajstić information content (AvgIpc) is 2.82. The van der Waals surface area contributed by atoms with E-state index < -0.39 is 36.0 Å². The van der Waals surface area contributed by atoms with Crippen molar-refractivity contribution in [3.8, 4) is 0 Å². The van der Waals surface area contributed by atoms with Crippen molar-refractivity contribution < 1.29 is 28.7 Å². The fourth-order valence-electron chi connectivity index (χ4n) is 3.24. The zero-order valence-corrected chi connectivity index (χ0v) is 21.1. The first-order valence-corrected chi connectivity index (χ1v) is 12.8. The standard InChI is InChI=1S/C24H46N4O6/c1-3-5-7-9-11-13-19(29)33-21(23(31)27-17-15-25)22(24(32)28-18-16-26)34-20(30)14-12-10-8-6-4-2/h21-22H,3-18,25-26H2,1-2H3,(H,27,31)(H,28,32)/t21-,22-/m1/s1. The number of nitrogens with two attached hydrogens (primary N) is 2. The number of unbranched alkanes of at least 4 members (excludes halogenated alkanes) is 8. The summed E-state index contributed by atoms with van der Waals surface area (Å²) in [6.45, 7) is 4.75. The van der Waals surface area contributed by atoms with Gasteiger partial charge >= 0.3 is 11.9 Å². The normalized spacial score (nSPS) is 12.5. The number of esters is 2. The molecule has 0 saturated carbocycles. The maximum absolute atomic E-state index is 12.7. The second-order valence-electron chi connectivity index (χ2n) is 8.31. The van der Waals surface area contributed by atoms with Crippen LogP contribution in [0.2, 0.25) is 0 Å². The van der Waals surface area contributed by atoms with Crippen molar-refractivity contribution in [1.29, 1.82) is 0 Å². The summed E-state index contributed by atoms with van der Waals surface area (Å²) in [6.07, 6.45) is 6.25. The summed E-state index contributed by atoms with van der Waals surface area (Å²) in [4.78, 5) is 50.4. The van der Waals surface area contributed by atoms with Crippen LogP contribution < -0.4 is 22.1 Å². The molecule has 0 aliphatic carbocycles. The van der Waals surface area contributed by atoms with Crippen molar-refractivity contribution in [2.75, 3.05) is 26.2 Å². The number of hydrogen-bond acceptors (Lipinski definition) is 8. The molecule has 0 fully saturated rings. The average molecular weight is 487 g/mol. The van der Waals surface area contributed by atoms with Gasteiger partial charge in [0.15, 0.2) is 0 Å². The van der Waals surface area contributed by atoms with Crippen LogP contribution in [0.1, 0.15) is 90.9 Å². The highest BCUT2D eigenvalue weighted by molar-refractivity contribution is 5.93. The first kappa shape index (κ1) is 31.8. The van der Waals surface area contributed by atoms with Gasteiger partial charge in [-0.15, -0.1) is 0 Å². The van der Waals surface area contributed by atoms with E-state index in [9.17, 15) is 19.2 Å². The molecule has 198 valence electrons. The Bertz CT molecular complexity index is 538. The highest BCUT2D eigenvalue weighted by Crippen LogP contribution is 2.13. The van der Waals surface area contributed by atoms with Crippen molar-refractivity contribution in [3.05, 3.63) is 0 Å². The van der Waals surface area contributed by atoms with Crippen LogP contribution in [0.5, 0.6) is 0 Å². The smallest absolute Gasteiger partial charge is 0.306 e. The number of rotatable bonds is 21. The number of ether oxygens (including phenoxy) is 2. The van der Waals surface area contributed by atoms with Crippen molar-refractivity contribution in [3.63, 3.8) is 0 Å². The van der Waals surface area contributed by atoms with E-state index in [4.69, 9.17) is 20.9 Å². The Morgan fingerprint density at radius 3 is 1.29 bits per heavy atom. The van der Waals surface area contributed by atoms with Crippen molar-refractivity contribution in [1.82, 2.24) is 10.6 Å². The van der Waals surface area contributed by atoms with Gasteiger partial charge in [-0.1, -0.05) is 65.2 Å². The summed E-state index contributed by atoms with van der Waals surface area (Å²) in [5.41, 5.74) is 10.9. The molecule has 34 heavy (non-hydrogen) atoms. The molecule has 6 N–H and O–H groups in total. The molecule has 0 aromatic heterocycles. The van der Waals surface area contributed by atoms with E-state index >= 15 is 0 Å². The molecule has 0 bridgehead atoms. The molecule has 2 amide bonds. The molecule has 0 aromatic carbocycles. The second kappa shape index (κ2) is 21.3. The molecule has 0 rings (SSSR count). The van der Waals surface area contributed by atoms with Crippen LogP contribution in [0.4, 0.5) is 0 Å². The van der Waals surface area contributed by atoms with E-state index in [2.05, 4.69) is 24.5 Å². The molecule has 2 atom stereocenters. The largest absolute Gasteiger partial charge is 0.448 e. The quantitative estimate of drug-likeness (QED) is 0.141. The van der Waals surface area contributed by atoms with E-state index in [1.54, 1.807) is 0 Å². The van der Waals surface area contributed by atoms with Gasteiger partial charge in [0.1, 0.15) is 0 Å². The minimum absolute atomic E-state index is 0.104. The van der Waals surface area contributed by atoms with Crippen LogP contribution in [-0.4, -0.2) is 62.1 Å². The highest BCUT2D eigenvalue weighted by Gasteiger charge is 2.39. The first-order valence-electron chi connectivity index (χ1n) is 12.8. The molecule has 0 aliphatic heterocycles. The Labute approximate surface area is 204 Å². The van der Waals surface area contributed by atoms with E-state index in [1.165, 1.54) is 0 Å². The number of carbonyl (C=O) groups excluding carboxylic acids is 4. The van der Waals surface area contributed by atoms with E-state index in [1.807, 2.05) is 0 Å². The third-order valence-electron chi connectivity index (χ3n) is 5.16.